The quantitative estimate of drug-likeness (QED) is 0.114. The van der Waals surface area contributed by atoms with Crippen LogP contribution in [0.1, 0.15) is 48.4 Å². The second-order valence-corrected chi connectivity index (χ2v) is 10.2. The van der Waals surface area contributed by atoms with Crippen molar-refractivity contribution in [1.82, 2.24) is 0 Å². The van der Waals surface area contributed by atoms with Crippen LogP contribution in [0.25, 0.3) is 10.8 Å². The zero-order valence-corrected chi connectivity index (χ0v) is 23.1. The first kappa shape index (κ1) is 31.2. The number of benzene rings is 4. The number of halogens is 7. The van der Waals surface area contributed by atoms with Gasteiger partial charge in [-0.15, -0.1) is 0 Å². The first-order chi connectivity index (χ1) is 20.0. The Bertz CT molecular complexity index is 1490. The van der Waals surface area contributed by atoms with Gasteiger partial charge in [0.05, 0.1) is 6.61 Å². The van der Waals surface area contributed by atoms with Crippen LogP contribution in [0, 0.1) is 23.3 Å². The maximum absolute atomic E-state index is 15.3. The van der Waals surface area contributed by atoms with Crippen molar-refractivity contribution in [2.75, 3.05) is 13.2 Å². The summed E-state index contributed by atoms with van der Waals surface area (Å²) in [6.07, 6.45) is -0.807. The number of aryl methyl sites for hydroxylation is 3. The fraction of sp³-hybridized carbons (Fsp3) is 0.333. The predicted octanol–water partition coefficient (Wildman–Crippen LogP) is 9.48. The SMILES string of the molecule is CCCCCOc1cc(F)c(CCc2ccc3c(F)c(CCc4ccc(OCC(F)(F)F)c(F)c4)ccc3c2)c(F)c1. The number of unbranched alkanes of at least 4 members (excludes halogenated alkanes) is 2. The topological polar surface area (TPSA) is 18.5 Å². The average molecular weight is 593 g/mol. The summed E-state index contributed by atoms with van der Waals surface area (Å²) in [5.74, 6) is -3.02. The van der Waals surface area contributed by atoms with E-state index in [9.17, 15) is 26.3 Å². The molecule has 0 fully saturated rings. The molecule has 0 aliphatic heterocycles. The molecular formula is C33H31F7O2. The summed E-state index contributed by atoms with van der Waals surface area (Å²) in [4.78, 5) is 0. The van der Waals surface area contributed by atoms with E-state index in [1.54, 1.807) is 30.3 Å². The van der Waals surface area contributed by atoms with Gasteiger partial charge in [0.1, 0.15) is 23.2 Å². The lowest BCUT2D eigenvalue weighted by molar-refractivity contribution is -0.153. The third-order valence-corrected chi connectivity index (χ3v) is 6.96. The normalized spacial score (nSPS) is 11.7. The number of ether oxygens (including phenoxy) is 2. The molecule has 0 amide bonds. The molecule has 0 unspecified atom stereocenters. The van der Waals surface area contributed by atoms with Crippen molar-refractivity contribution in [3.8, 4) is 11.5 Å². The molecule has 224 valence electrons. The molecule has 0 aliphatic rings. The maximum Gasteiger partial charge on any atom is 0.422 e. The van der Waals surface area contributed by atoms with Crippen LogP contribution in [0.4, 0.5) is 30.7 Å². The lowest BCUT2D eigenvalue weighted by Gasteiger charge is -2.12. The number of hydrogen-bond donors (Lipinski definition) is 0. The highest BCUT2D eigenvalue weighted by atomic mass is 19.4. The van der Waals surface area contributed by atoms with E-state index in [1.807, 2.05) is 0 Å². The molecule has 0 spiro atoms. The summed E-state index contributed by atoms with van der Waals surface area (Å²) in [7, 11) is 0. The van der Waals surface area contributed by atoms with E-state index in [0.717, 1.165) is 37.0 Å². The van der Waals surface area contributed by atoms with Gasteiger partial charge in [-0.3, -0.25) is 0 Å². The molecule has 2 nitrogen and oxygen atoms in total. The summed E-state index contributed by atoms with van der Waals surface area (Å²) < 4.78 is 106. The molecule has 0 aromatic heterocycles. The van der Waals surface area contributed by atoms with Gasteiger partial charge in [-0.05, 0) is 66.3 Å². The van der Waals surface area contributed by atoms with Crippen molar-refractivity contribution in [2.24, 2.45) is 0 Å². The summed E-state index contributed by atoms with van der Waals surface area (Å²) in [5.41, 5.74) is 1.64. The van der Waals surface area contributed by atoms with Crippen molar-refractivity contribution in [2.45, 2.75) is 58.0 Å². The first-order valence-corrected chi connectivity index (χ1v) is 13.8. The molecule has 0 heterocycles. The Hall–Kier alpha value is -3.75. The minimum atomic E-state index is -4.58. The van der Waals surface area contributed by atoms with Crippen LogP contribution < -0.4 is 9.47 Å². The Morgan fingerprint density at radius 2 is 1.36 bits per heavy atom. The van der Waals surface area contributed by atoms with E-state index in [2.05, 4.69) is 11.7 Å². The molecule has 4 rings (SSSR count). The van der Waals surface area contributed by atoms with Gasteiger partial charge in [0.25, 0.3) is 0 Å². The summed E-state index contributed by atoms with van der Waals surface area (Å²) in [6, 6.07) is 14.5. The van der Waals surface area contributed by atoms with Gasteiger partial charge in [0, 0.05) is 23.1 Å². The van der Waals surface area contributed by atoms with Crippen LogP contribution in [-0.2, 0) is 25.7 Å². The van der Waals surface area contributed by atoms with Crippen LogP contribution in [0.15, 0.2) is 60.7 Å². The van der Waals surface area contributed by atoms with Gasteiger partial charge in [-0.1, -0.05) is 56.2 Å². The summed E-state index contributed by atoms with van der Waals surface area (Å²) >= 11 is 0. The van der Waals surface area contributed by atoms with Crippen molar-refractivity contribution < 1.29 is 40.2 Å². The fourth-order valence-corrected chi connectivity index (χ4v) is 4.70. The second kappa shape index (κ2) is 13.9. The Morgan fingerprint density at radius 1 is 0.667 bits per heavy atom. The van der Waals surface area contributed by atoms with Crippen molar-refractivity contribution in [1.29, 1.82) is 0 Å². The van der Waals surface area contributed by atoms with Crippen molar-refractivity contribution in [3.05, 3.63) is 106 Å². The molecule has 9 heteroatoms. The molecule has 4 aromatic carbocycles. The van der Waals surface area contributed by atoms with E-state index >= 15 is 4.39 Å². The molecule has 0 saturated carbocycles. The van der Waals surface area contributed by atoms with E-state index in [4.69, 9.17) is 4.74 Å². The summed E-state index contributed by atoms with van der Waals surface area (Å²) in [5, 5.41) is 1.00. The third kappa shape index (κ3) is 8.39. The largest absolute Gasteiger partial charge is 0.493 e. The zero-order valence-electron chi connectivity index (χ0n) is 23.1. The first-order valence-electron chi connectivity index (χ1n) is 13.8. The monoisotopic (exact) mass is 592 g/mol. The molecule has 0 bridgehead atoms. The van der Waals surface area contributed by atoms with E-state index in [-0.39, 0.29) is 30.6 Å². The van der Waals surface area contributed by atoms with Crippen LogP contribution in [0.3, 0.4) is 0 Å². The molecule has 0 radical (unpaired) electrons. The van der Waals surface area contributed by atoms with E-state index in [0.29, 0.717) is 34.9 Å². The number of hydrogen-bond acceptors (Lipinski definition) is 2. The Morgan fingerprint density at radius 3 is 2.05 bits per heavy atom. The standard InChI is InChI=1S/C33H31F7O2/c1-2-3-4-15-41-25-18-28(34)27(29(35)19-25)13-7-21-6-12-26-24(16-21)11-10-23(32(26)37)9-5-22-8-14-31(30(36)17-22)42-20-33(38,39)40/h6,8,10-12,14,16-19H,2-5,7,9,13,15,20H2,1H3. The Labute approximate surface area is 240 Å². The molecule has 0 saturated heterocycles. The second-order valence-electron chi connectivity index (χ2n) is 10.2. The highest BCUT2D eigenvalue weighted by Crippen LogP contribution is 2.27. The highest BCUT2D eigenvalue weighted by molar-refractivity contribution is 5.84. The molecular weight excluding hydrogens is 561 g/mol. The Kier molecular flexibility index (Phi) is 10.4. The maximum atomic E-state index is 15.3. The lowest BCUT2D eigenvalue weighted by atomic mass is 9.97. The van der Waals surface area contributed by atoms with E-state index in [1.165, 1.54) is 18.2 Å². The Balaban J connectivity index is 1.38. The van der Waals surface area contributed by atoms with Gasteiger partial charge >= 0.3 is 6.18 Å². The van der Waals surface area contributed by atoms with Crippen LogP contribution in [0.2, 0.25) is 0 Å². The molecule has 0 atom stereocenters. The third-order valence-electron chi connectivity index (χ3n) is 6.96. The van der Waals surface area contributed by atoms with Gasteiger partial charge in [-0.2, -0.15) is 13.2 Å². The van der Waals surface area contributed by atoms with Crippen molar-refractivity contribution >= 4 is 10.8 Å². The lowest BCUT2D eigenvalue weighted by Crippen LogP contribution is -2.19. The molecule has 0 aliphatic carbocycles. The van der Waals surface area contributed by atoms with Crippen molar-refractivity contribution in [3.63, 3.8) is 0 Å². The van der Waals surface area contributed by atoms with E-state index < -0.39 is 41.8 Å². The smallest absolute Gasteiger partial charge is 0.422 e. The molecule has 42 heavy (non-hydrogen) atoms. The predicted molar refractivity (Wildman–Crippen MR) is 148 cm³/mol. The minimum Gasteiger partial charge on any atom is -0.493 e. The molecule has 4 aromatic rings. The number of alkyl halides is 3. The minimum absolute atomic E-state index is 0.0334. The number of rotatable bonds is 13. The number of fused-ring (bicyclic) bond motifs is 1. The van der Waals surface area contributed by atoms with Gasteiger partial charge in [0.2, 0.25) is 0 Å². The van der Waals surface area contributed by atoms with Gasteiger partial charge in [0.15, 0.2) is 18.2 Å². The van der Waals surface area contributed by atoms with Crippen LogP contribution in [-0.4, -0.2) is 19.4 Å². The van der Waals surface area contributed by atoms with Gasteiger partial charge < -0.3 is 9.47 Å². The average Bonchev–Trinajstić information content (AvgIpc) is 2.93. The van der Waals surface area contributed by atoms with Gasteiger partial charge in [-0.25, -0.2) is 17.6 Å². The summed E-state index contributed by atoms with van der Waals surface area (Å²) in [6.45, 7) is 0.860. The van der Waals surface area contributed by atoms with Crippen LogP contribution in [0.5, 0.6) is 11.5 Å². The highest BCUT2D eigenvalue weighted by Gasteiger charge is 2.29. The van der Waals surface area contributed by atoms with Crippen LogP contribution >= 0.6 is 0 Å². The molecule has 0 N–H and O–H groups in total. The zero-order chi connectivity index (χ0) is 30.3. The fourth-order valence-electron chi connectivity index (χ4n) is 4.70.